The highest BCUT2D eigenvalue weighted by atomic mass is 16.4. The number of nitrogens with zero attached hydrogens (tertiary/aromatic N) is 1. The lowest BCUT2D eigenvalue weighted by atomic mass is 9.92. The second-order valence-electron chi connectivity index (χ2n) is 5.73. The Morgan fingerprint density at radius 2 is 2.19 bits per heavy atom. The highest BCUT2D eigenvalue weighted by molar-refractivity contribution is 5.05. The van der Waals surface area contributed by atoms with Crippen LogP contribution in [-0.4, -0.2) is 11.0 Å². The van der Waals surface area contributed by atoms with Crippen molar-refractivity contribution in [1.82, 2.24) is 10.3 Å². The van der Waals surface area contributed by atoms with E-state index in [4.69, 9.17) is 4.42 Å². The Labute approximate surface area is 97.6 Å². The number of rotatable bonds is 3. The van der Waals surface area contributed by atoms with Crippen LogP contribution in [0.4, 0.5) is 0 Å². The molecule has 0 aromatic carbocycles. The van der Waals surface area contributed by atoms with Gasteiger partial charge in [0.1, 0.15) is 5.76 Å². The van der Waals surface area contributed by atoms with Crippen molar-refractivity contribution in [1.29, 1.82) is 0 Å². The van der Waals surface area contributed by atoms with E-state index in [0.717, 1.165) is 23.9 Å². The van der Waals surface area contributed by atoms with Gasteiger partial charge >= 0.3 is 0 Å². The Balaban J connectivity index is 1.84. The minimum absolute atomic E-state index is 0.500. The summed E-state index contributed by atoms with van der Waals surface area (Å²) in [5, 5.41) is 3.54. The SMILES string of the molecule is Cc1nc(CNC2CCC(C)(C)C2)oc1C. The number of aromatic nitrogens is 1. The van der Waals surface area contributed by atoms with Crippen LogP contribution in [0.2, 0.25) is 0 Å². The van der Waals surface area contributed by atoms with Crippen LogP contribution in [0.5, 0.6) is 0 Å². The average Bonchev–Trinajstić information content (AvgIpc) is 2.68. The maximum atomic E-state index is 5.55. The molecule has 3 heteroatoms. The predicted molar refractivity (Wildman–Crippen MR) is 64.2 cm³/mol. The van der Waals surface area contributed by atoms with Gasteiger partial charge in [0.05, 0.1) is 12.2 Å². The molecule has 3 nitrogen and oxygen atoms in total. The molecule has 1 aliphatic carbocycles. The Bertz CT molecular complexity index is 349. The van der Waals surface area contributed by atoms with Crippen LogP contribution in [0.15, 0.2) is 4.42 Å². The summed E-state index contributed by atoms with van der Waals surface area (Å²) in [5.74, 6) is 1.75. The second kappa shape index (κ2) is 4.21. The van der Waals surface area contributed by atoms with Crippen LogP contribution in [0.1, 0.15) is 50.5 Å². The van der Waals surface area contributed by atoms with Gasteiger partial charge in [-0.15, -0.1) is 0 Å². The van der Waals surface area contributed by atoms with E-state index in [9.17, 15) is 0 Å². The van der Waals surface area contributed by atoms with Crippen molar-refractivity contribution < 1.29 is 4.42 Å². The smallest absolute Gasteiger partial charge is 0.208 e. The van der Waals surface area contributed by atoms with Gasteiger partial charge in [0, 0.05) is 6.04 Å². The minimum atomic E-state index is 0.500. The van der Waals surface area contributed by atoms with Crippen LogP contribution in [0.25, 0.3) is 0 Å². The number of oxazole rings is 1. The van der Waals surface area contributed by atoms with Gasteiger partial charge in [0.25, 0.3) is 0 Å². The van der Waals surface area contributed by atoms with E-state index in [2.05, 4.69) is 24.1 Å². The van der Waals surface area contributed by atoms with Crippen molar-refractivity contribution in [2.45, 2.75) is 59.5 Å². The monoisotopic (exact) mass is 222 g/mol. The Morgan fingerprint density at radius 1 is 1.44 bits per heavy atom. The van der Waals surface area contributed by atoms with E-state index < -0.39 is 0 Å². The van der Waals surface area contributed by atoms with E-state index in [1.807, 2.05) is 13.8 Å². The quantitative estimate of drug-likeness (QED) is 0.854. The normalized spacial score (nSPS) is 23.9. The topological polar surface area (TPSA) is 38.1 Å². The third-order valence-corrected chi connectivity index (χ3v) is 3.58. The summed E-state index contributed by atoms with van der Waals surface area (Å²) in [6.45, 7) is 9.39. The fraction of sp³-hybridized carbons (Fsp3) is 0.769. The van der Waals surface area contributed by atoms with Crippen molar-refractivity contribution in [3.8, 4) is 0 Å². The van der Waals surface area contributed by atoms with E-state index in [0.29, 0.717) is 11.5 Å². The molecule has 1 unspecified atom stereocenters. The molecule has 1 N–H and O–H groups in total. The molecule has 0 amide bonds. The third kappa shape index (κ3) is 2.64. The van der Waals surface area contributed by atoms with Crippen molar-refractivity contribution in [3.05, 3.63) is 17.3 Å². The first kappa shape index (κ1) is 11.6. The van der Waals surface area contributed by atoms with Crippen LogP contribution in [-0.2, 0) is 6.54 Å². The fourth-order valence-corrected chi connectivity index (χ4v) is 2.46. The largest absolute Gasteiger partial charge is 0.444 e. The number of hydrogen-bond donors (Lipinski definition) is 1. The molecule has 1 aromatic rings. The van der Waals surface area contributed by atoms with E-state index in [-0.39, 0.29) is 0 Å². The Kier molecular flexibility index (Phi) is 3.06. The minimum Gasteiger partial charge on any atom is -0.444 e. The van der Waals surface area contributed by atoms with Crippen molar-refractivity contribution >= 4 is 0 Å². The summed E-state index contributed by atoms with van der Waals surface area (Å²) in [5.41, 5.74) is 1.50. The molecule has 90 valence electrons. The van der Waals surface area contributed by atoms with Crippen molar-refractivity contribution in [3.63, 3.8) is 0 Å². The number of nitrogens with one attached hydrogen (secondary N) is 1. The van der Waals surface area contributed by atoms with Gasteiger partial charge in [-0.1, -0.05) is 13.8 Å². The molecule has 1 saturated carbocycles. The van der Waals surface area contributed by atoms with E-state index in [1.54, 1.807) is 0 Å². The molecule has 0 radical (unpaired) electrons. The van der Waals surface area contributed by atoms with Gasteiger partial charge < -0.3 is 9.73 Å². The summed E-state index contributed by atoms with van der Waals surface area (Å²) in [6, 6.07) is 0.627. The summed E-state index contributed by atoms with van der Waals surface area (Å²) in [6.07, 6.45) is 3.84. The van der Waals surface area contributed by atoms with E-state index >= 15 is 0 Å². The molecule has 1 aromatic heterocycles. The molecule has 1 atom stereocenters. The number of hydrogen-bond acceptors (Lipinski definition) is 3. The lowest BCUT2D eigenvalue weighted by Gasteiger charge is -2.17. The molecule has 1 aliphatic rings. The molecule has 0 aliphatic heterocycles. The van der Waals surface area contributed by atoms with Crippen LogP contribution >= 0.6 is 0 Å². The molecule has 16 heavy (non-hydrogen) atoms. The molecule has 0 saturated heterocycles. The summed E-state index contributed by atoms with van der Waals surface area (Å²) in [4.78, 5) is 4.38. The highest BCUT2D eigenvalue weighted by Gasteiger charge is 2.30. The van der Waals surface area contributed by atoms with Gasteiger partial charge in [-0.3, -0.25) is 0 Å². The zero-order chi connectivity index (χ0) is 11.8. The number of aryl methyl sites for hydroxylation is 2. The molecule has 1 heterocycles. The summed E-state index contributed by atoms with van der Waals surface area (Å²) >= 11 is 0. The van der Waals surface area contributed by atoms with Crippen molar-refractivity contribution in [2.75, 3.05) is 0 Å². The first-order valence-corrected chi connectivity index (χ1v) is 6.12. The maximum absolute atomic E-state index is 5.55. The standard InChI is InChI=1S/C13H22N2O/c1-9-10(2)16-12(15-9)8-14-11-5-6-13(3,4)7-11/h11,14H,5-8H2,1-4H3. The van der Waals surface area contributed by atoms with Crippen LogP contribution in [0.3, 0.4) is 0 Å². The maximum Gasteiger partial charge on any atom is 0.208 e. The van der Waals surface area contributed by atoms with Crippen LogP contribution < -0.4 is 5.32 Å². The van der Waals surface area contributed by atoms with Gasteiger partial charge in [-0.05, 0) is 38.5 Å². The van der Waals surface area contributed by atoms with Crippen LogP contribution in [0, 0.1) is 19.3 Å². The van der Waals surface area contributed by atoms with Gasteiger partial charge in [-0.2, -0.15) is 0 Å². The molecule has 2 rings (SSSR count). The Hall–Kier alpha value is -0.830. The highest BCUT2D eigenvalue weighted by Crippen LogP contribution is 2.36. The first-order chi connectivity index (χ1) is 7.46. The molecular formula is C13H22N2O. The molecule has 1 fully saturated rings. The van der Waals surface area contributed by atoms with Gasteiger partial charge in [0.2, 0.25) is 5.89 Å². The lowest BCUT2D eigenvalue weighted by molar-refractivity contribution is 0.357. The zero-order valence-corrected chi connectivity index (χ0v) is 10.8. The second-order valence-corrected chi connectivity index (χ2v) is 5.73. The summed E-state index contributed by atoms with van der Waals surface area (Å²) in [7, 11) is 0. The fourth-order valence-electron chi connectivity index (χ4n) is 2.46. The molecular weight excluding hydrogens is 200 g/mol. The predicted octanol–water partition coefficient (Wildman–Crippen LogP) is 2.96. The zero-order valence-electron chi connectivity index (χ0n) is 10.8. The lowest BCUT2D eigenvalue weighted by Crippen LogP contribution is -2.26. The Morgan fingerprint density at radius 3 is 2.69 bits per heavy atom. The molecule has 0 bridgehead atoms. The molecule has 0 spiro atoms. The average molecular weight is 222 g/mol. The van der Waals surface area contributed by atoms with Gasteiger partial charge in [0.15, 0.2) is 0 Å². The van der Waals surface area contributed by atoms with Crippen molar-refractivity contribution in [2.24, 2.45) is 5.41 Å². The third-order valence-electron chi connectivity index (χ3n) is 3.58. The first-order valence-electron chi connectivity index (χ1n) is 6.12. The van der Waals surface area contributed by atoms with E-state index in [1.165, 1.54) is 19.3 Å². The van der Waals surface area contributed by atoms with Gasteiger partial charge in [-0.25, -0.2) is 4.98 Å². The summed E-state index contributed by atoms with van der Waals surface area (Å²) < 4.78 is 5.55.